The van der Waals surface area contributed by atoms with Gasteiger partial charge in [0.2, 0.25) is 0 Å². The molecule has 2 unspecified atom stereocenters. The van der Waals surface area contributed by atoms with Crippen molar-refractivity contribution in [2.45, 2.75) is 27.5 Å². The average molecular weight is 384 g/mol. The van der Waals surface area contributed by atoms with Gasteiger partial charge in [0.1, 0.15) is 0 Å². The summed E-state index contributed by atoms with van der Waals surface area (Å²) in [6, 6.07) is 8.88. The van der Waals surface area contributed by atoms with Crippen LogP contribution in [0.5, 0.6) is 0 Å². The largest absolute Gasteiger partial charge is 1.00 e. The molecule has 2 atom stereocenters. The van der Waals surface area contributed by atoms with Gasteiger partial charge in [-0.1, -0.05) is 0 Å². The Morgan fingerprint density at radius 1 is 1.10 bits per heavy atom. The molecule has 2 aliphatic rings. The molecule has 1 aromatic carbocycles. The molecule has 0 nitrogen and oxygen atoms in total. The molecule has 0 aliphatic heterocycles. The second kappa shape index (κ2) is 6.78. The van der Waals surface area contributed by atoms with E-state index in [0.29, 0.717) is 3.12 Å². The third-order valence-electron chi connectivity index (χ3n) is 4.03. The average Bonchev–Trinajstić information content (AvgIpc) is 2.82. The van der Waals surface area contributed by atoms with E-state index in [0.717, 1.165) is 3.63 Å². The number of benzene rings is 1. The predicted molar refractivity (Wildman–Crippen MR) is 74.1 cm³/mol. The zero-order chi connectivity index (χ0) is 12.8. The Balaban J connectivity index is 0.000001000. The molecule has 0 heterocycles. The summed E-state index contributed by atoms with van der Waals surface area (Å²) in [5, 5.41) is 0. The van der Waals surface area contributed by atoms with E-state index in [-0.39, 0.29) is 24.8 Å². The van der Waals surface area contributed by atoms with Crippen molar-refractivity contribution in [2.75, 3.05) is 0 Å². The normalized spacial score (nSPS) is 25.9. The maximum absolute atomic E-state index is 2.50. The maximum atomic E-state index is 2.50. The number of halogens is 2. The minimum atomic E-state index is -0.573. The Morgan fingerprint density at radius 2 is 1.80 bits per heavy atom. The minimum absolute atomic E-state index is 0. The Labute approximate surface area is 145 Å². The Morgan fingerprint density at radius 3 is 2.45 bits per heavy atom. The van der Waals surface area contributed by atoms with Crippen LogP contribution < -0.4 is 24.8 Å². The van der Waals surface area contributed by atoms with Crippen LogP contribution in [-0.4, -0.2) is 0 Å². The summed E-state index contributed by atoms with van der Waals surface area (Å²) in [6.45, 7) is 6.97. The predicted octanol–water partition coefficient (Wildman–Crippen LogP) is -1.07. The molecule has 0 spiro atoms. The van der Waals surface area contributed by atoms with Gasteiger partial charge >= 0.3 is 122 Å². The summed E-state index contributed by atoms with van der Waals surface area (Å²) in [4.78, 5) is 0. The van der Waals surface area contributed by atoms with Crippen LogP contribution in [-0.2, 0) is 23.2 Å². The Bertz CT molecular complexity index is 586. The van der Waals surface area contributed by atoms with Crippen molar-refractivity contribution >= 4 is 6.08 Å². The first-order valence-electron chi connectivity index (χ1n) is 6.51. The van der Waals surface area contributed by atoms with Crippen LogP contribution in [0.3, 0.4) is 0 Å². The van der Waals surface area contributed by atoms with Crippen molar-refractivity contribution in [3.8, 4) is 0 Å². The SMILES string of the molecule is CC1=C[C](C)([Zr+2][CH]2C=Cc3ccccc32)C(C)=C1.[Cl-].[Cl-]. The van der Waals surface area contributed by atoms with Crippen LogP contribution in [0.25, 0.3) is 6.08 Å². The molecule has 104 valence electrons. The molecule has 0 aromatic heterocycles. The topological polar surface area (TPSA) is 0 Å². The number of rotatable bonds is 2. The van der Waals surface area contributed by atoms with Crippen molar-refractivity contribution in [3.63, 3.8) is 0 Å². The van der Waals surface area contributed by atoms with Gasteiger partial charge < -0.3 is 24.8 Å². The zero-order valence-electron chi connectivity index (χ0n) is 12.0. The van der Waals surface area contributed by atoms with Gasteiger partial charge in [0, 0.05) is 0 Å². The summed E-state index contributed by atoms with van der Waals surface area (Å²) >= 11 is -0.573. The van der Waals surface area contributed by atoms with Crippen molar-refractivity contribution in [2.24, 2.45) is 0 Å². The van der Waals surface area contributed by atoms with E-state index >= 15 is 0 Å². The van der Waals surface area contributed by atoms with Gasteiger partial charge in [-0.15, -0.1) is 0 Å². The molecule has 3 heteroatoms. The summed E-state index contributed by atoms with van der Waals surface area (Å²) < 4.78 is 1.14. The maximum Gasteiger partial charge on any atom is -1.00 e. The van der Waals surface area contributed by atoms with Gasteiger partial charge in [0.05, 0.1) is 0 Å². The first kappa shape index (κ1) is 18.0. The van der Waals surface area contributed by atoms with Crippen LogP contribution in [0.4, 0.5) is 0 Å². The molecule has 0 N–H and O–H groups in total. The van der Waals surface area contributed by atoms with E-state index in [9.17, 15) is 0 Å². The Kier molecular flexibility index (Phi) is 6.08. The van der Waals surface area contributed by atoms with Gasteiger partial charge in [0.25, 0.3) is 0 Å². The molecule has 0 amide bonds. The standard InChI is InChI=1S/C9H7.C8H11.2ClH.Zr/c1-2-5-9-7-3-6-8(9)4-1;1-6-4-7(2)8(3)5-6;;;/h1-7H;4-5H,1-3H3;2*1H;/q;;;;+2/p-2. The van der Waals surface area contributed by atoms with Crippen LogP contribution >= 0.6 is 0 Å². The molecule has 20 heavy (non-hydrogen) atoms. The van der Waals surface area contributed by atoms with E-state index in [1.165, 1.54) is 11.1 Å². The molecule has 2 aliphatic carbocycles. The first-order valence-corrected chi connectivity index (χ1v) is 9.16. The fraction of sp³-hybridized carbons (Fsp3) is 0.294. The van der Waals surface area contributed by atoms with Gasteiger partial charge in [-0.2, -0.15) is 0 Å². The van der Waals surface area contributed by atoms with Crippen LogP contribution in [0.15, 0.2) is 53.6 Å². The second-order valence-corrected chi connectivity index (χ2v) is 10.3. The summed E-state index contributed by atoms with van der Waals surface area (Å²) in [6.07, 6.45) is 9.63. The van der Waals surface area contributed by atoms with Crippen molar-refractivity contribution in [1.29, 1.82) is 0 Å². The second-order valence-electron chi connectivity index (χ2n) is 5.53. The zero-order valence-corrected chi connectivity index (χ0v) is 15.9. The molecular formula is C17H18Cl2Zr. The molecule has 3 rings (SSSR count). The molecule has 0 radical (unpaired) electrons. The van der Waals surface area contributed by atoms with Gasteiger partial charge in [-0.25, -0.2) is 0 Å². The number of fused-ring (bicyclic) bond motifs is 1. The van der Waals surface area contributed by atoms with E-state index in [1.807, 2.05) is 0 Å². The van der Waals surface area contributed by atoms with E-state index in [1.54, 1.807) is 11.1 Å². The number of allylic oxidation sites excluding steroid dienone is 5. The first-order chi connectivity index (χ1) is 8.58. The number of hydrogen-bond acceptors (Lipinski definition) is 0. The molecular weight excluding hydrogens is 366 g/mol. The third-order valence-corrected chi connectivity index (χ3v) is 8.83. The summed E-state index contributed by atoms with van der Waals surface area (Å²) in [5.41, 5.74) is 6.03. The Hall–Kier alpha value is -0.0969. The fourth-order valence-corrected chi connectivity index (χ4v) is 7.55. The van der Waals surface area contributed by atoms with Crippen LogP contribution in [0.1, 0.15) is 35.5 Å². The van der Waals surface area contributed by atoms with E-state index in [2.05, 4.69) is 69.3 Å². The summed E-state index contributed by atoms with van der Waals surface area (Å²) in [5.74, 6) is 0. The summed E-state index contributed by atoms with van der Waals surface area (Å²) in [7, 11) is 0. The molecule has 0 fully saturated rings. The quantitative estimate of drug-likeness (QED) is 0.609. The van der Waals surface area contributed by atoms with Gasteiger partial charge in [0.15, 0.2) is 0 Å². The monoisotopic (exact) mass is 382 g/mol. The van der Waals surface area contributed by atoms with Crippen LogP contribution in [0, 0.1) is 0 Å². The van der Waals surface area contributed by atoms with Crippen molar-refractivity contribution in [1.82, 2.24) is 0 Å². The third kappa shape index (κ3) is 3.21. The van der Waals surface area contributed by atoms with Crippen molar-refractivity contribution < 1.29 is 48.0 Å². The molecule has 0 saturated heterocycles. The smallest absolute Gasteiger partial charge is 1.00 e. The van der Waals surface area contributed by atoms with Gasteiger partial charge in [-0.05, 0) is 0 Å². The van der Waals surface area contributed by atoms with E-state index in [4.69, 9.17) is 0 Å². The van der Waals surface area contributed by atoms with Gasteiger partial charge in [-0.3, -0.25) is 0 Å². The molecule has 0 saturated carbocycles. The van der Waals surface area contributed by atoms with Crippen LogP contribution in [0.2, 0.25) is 3.12 Å². The van der Waals surface area contributed by atoms with Crippen molar-refractivity contribution in [3.05, 3.63) is 64.8 Å². The fourth-order valence-electron chi connectivity index (χ4n) is 2.96. The van der Waals surface area contributed by atoms with E-state index < -0.39 is 23.2 Å². The molecule has 0 bridgehead atoms. The minimum Gasteiger partial charge on any atom is -1.00 e. The molecule has 1 aromatic rings. The number of hydrogen-bond donors (Lipinski definition) is 0.